The molecule has 0 aromatic rings. The summed E-state index contributed by atoms with van der Waals surface area (Å²) in [7, 11) is 1.34. The summed E-state index contributed by atoms with van der Waals surface area (Å²) in [4.78, 5) is 0. The van der Waals surface area contributed by atoms with Gasteiger partial charge in [0, 0.05) is 16.5 Å². The standard InChI is InChI=1S/3C6H15P.Ni/c3*1-4-7(5-2)6-3;/h3*4-6H2,1-3H3;. The second-order valence-corrected chi connectivity index (χ2v) is 14.6. The van der Waals surface area contributed by atoms with Crippen LogP contribution in [-0.2, 0) is 16.5 Å². The summed E-state index contributed by atoms with van der Waals surface area (Å²) >= 11 is 0. The second-order valence-electron chi connectivity index (χ2n) is 4.86. The fraction of sp³-hybridized carbons (Fsp3) is 1.00. The maximum atomic E-state index is 2.29. The van der Waals surface area contributed by atoms with Crippen LogP contribution >= 0.6 is 23.8 Å². The van der Waals surface area contributed by atoms with E-state index in [0.717, 1.165) is 0 Å². The Morgan fingerprint density at radius 2 is 0.409 bits per heavy atom. The molecule has 0 aliphatic heterocycles. The molecule has 0 rings (SSSR count). The summed E-state index contributed by atoms with van der Waals surface area (Å²) < 4.78 is 0. The summed E-state index contributed by atoms with van der Waals surface area (Å²) in [5, 5.41) is 0. The van der Waals surface area contributed by atoms with Gasteiger partial charge in [-0.1, -0.05) is 62.3 Å². The molecule has 0 aromatic heterocycles. The van der Waals surface area contributed by atoms with E-state index in [9.17, 15) is 0 Å². The van der Waals surface area contributed by atoms with E-state index in [2.05, 4.69) is 62.3 Å². The predicted octanol–water partition coefficient (Wildman–Crippen LogP) is 7.58. The summed E-state index contributed by atoms with van der Waals surface area (Å²) in [6, 6.07) is 0. The fourth-order valence-corrected chi connectivity index (χ4v) is 6.04. The van der Waals surface area contributed by atoms with Crippen LogP contribution in [0.25, 0.3) is 0 Å². The molecule has 4 heteroatoms. The van der Waals surface area contributed by atoms with Gasteiger partial charge in [0.2, 0.25) is 0 Å². The molecule has 0 amide bonds. The quantitative estimate of drug-likeness (QED) is 0.270. The van der Waals surface area contributed by atoms with Crippen molar-refractivity contribution in [2.75, 3.05) is 55.5 Å². The van der Waals surface area contributed by atoms with Crippen LogP contribution in [0.15, 0.2) is 0 Å². The normalized spacial score (nSPS) is 9.82. The molecular formula is C18H45NiP3. The van der Waals surface area contributed by atoms with E-state index in [4.69, 9.17) is 0 Å². The van der Waals surface area contributed by atoms with Gasteiger partial charge >= 0.3 is 0 Å². The van der Waals surface area contributed by atoms with Crippen molar-refractivity contribution < 1.29 is 16.5 Å². The summed E-state index contributed by atoms with van der Waals surface area (Å²) in [5.41, 5.74) is 0. The predicted molar refractivity (Wildman–Crippen MR) is 116 cm³/mol. The minimum Gasteiger partial charge on any atom is -0.108 e. The van der Waals surface area contributed by atoms with E-state index in [1.165, 1.54) is 55.5 Å². The van der Waals surface area contributed by atoms with Gasteiger partial charge < -0.3 is 0 Å². The van der Waals surface area contributed by atoms with Crippen LogP contribution in [0.5, 0.6) is 0 Å². The number of hydrogen-bond donors (Lipinski definition) is 0. The Morgan fingerprint density at radius 3 is 0.409 bits per heavy atom. The SMILES string of the molecule is CCP(CC)CC.CCP(CC)CC.CCP(CC)CC.[Ni]. The molecule has 0 saturated heterocycles. The molecule has 0 N–H and O–H groups in total. The van der Waals surface area contributed by atoms with Crippen molar-refractivity contribution >= 4 is 23.8 Å². The first kappa shape index (κ1) is 31.5. The minimum absolute atomic E-state index is 0. The van der Waals surface area contributed by atoms with Crippen molar-refractivity contribution in [1.29, 1.82) is 0 Å². The Morgan fingerprint density at radius 1 is 0.318 bits per heavy atom. The van der Waals surface area contributed by atoms with Crippen LogP contribution in [0, 0.1) is 0 Å². The van der Waals surface area contributed by atoms with E-state index >= 15 is 0 Å². The Kier molecular flexibility index (Phi) is 39.6. The molecule has 0 spiro atoms. The monoisotopic (exact) mass is 412 g/mol. The number of rotatable bonds is 9. The molecular weight excluding hydrogens is 368 g/mol. The van der Waals surface area contributed by atoms with Gasteiger partial charge in [0.1, 0.15) is 0 Å². The Bertz CT molecular complexity index is 111. The van der Waals surface area contributed by atoms with Gasteiger partial charge in [-0.25, -0.2) is 0 Å². The summed E-state index contributed by atoms with van der Waals surface area (Å²) in [6.07, 6.45) is 12.8. The average molecular weight is 413 g/mol. The van der Waals surface area contributed by atoms with E-state index in [1.54, 1.807) is 0 Å². The molecule has 0 heterocycles. The molecule has 22 heavy (non-hydrogen) atoms. The maximum Gasteiger partial charge on any atom is 0 e. The van der Waals surface area contributed by atoms with Gasteiger partial charge in [-0.05, 0) is 55.5 Å². The third kappa shape index (κ3) is 24.0. The van der Waals surface area contributed by atoms with Crippen molar-refractivity contribution in [2.24, 2.45) is 0 Å². The van der Waals surface area contributed by atoms with E-state index in [0.29, 0.717) is 23.8 Å². The third-order valence-electron chi connectivity index (χ3n) is 4.02. The molecule has 0 aromatic carbocycles. The second kappa shape index (κ2) is 27.6. The largest absolute Gasteiger partial charge is 0.108 e. The van der Waals surface area contributed by atoms with Crippen LogP contribution in [0.4, 0.5) is 0 Å². The van der Waals surface area contributed by atoms with E-state index < -0.39 is 0 Å². The molecule has 0 aliphatic rings. The van der Waals surface area contributed by atoms with E-state index in [-0.39, 0.29) is 16.5 Å². The van der Waals surface area contributed by atoms with Crippen molar-refractivity contribution in [3.63, 3.8) is 0 Å². The molecule has 0 bridgehead atoms. The van der Waals surface area contributed by atoms with Gasteiger partial charge in [-0.15, -0.1) is 23.8 Å². The first-order valence-corrected chi connectivity index (χ1v) is 14.9. The fourth-order valence-electron chi connectivity index (χ4n) is 2.01. The van der Waals surface area contributed by atoms with Gasteiger partial charge in [0.15, 0.2) is 0 Å². The Hall–Kier alpha value is 1.78. The van der Waals surface area contributed by atoms with Gasteiger partial charge in [0.05, 0.1) is 0 Å². The van der Waals surface area contributed by atoms with Crippen LogP contribution in [0.2, 0.25) is 0 Å². The first-order chi connectivity index (χ1) is 10.0. The van der Waals surface area contributed by atoms with Gasteiger partial charge in [-0.2, -0.15) is 0 Å². The molecule has 0 atom stereocenters. The zero-order chi connectivity index (χ0) is 17.1. The van der Waals surface area contributed by atoms with Crippen LogP contribution in [0.1, 0.15) is 62.3 Å². The maximum absolute atomic E-state index is 2.29. The first-order valence-electron chi connectivity index (χ1n) is 9.21. The Labute approximate surface area is 158 Å². The van der Waals surface area contributed by atoms with Crippen molar-refractivity contribution in [2.45, 2.75) is 62.3 Å². The van der Waals surface area contributed by atoms with Gasteiger partial charge in [0.25, 0.3) is 0 Å². The van der Waals surface area contributed by atoms with E-state index in [1.807, 2.05) is 0 Å². The Balaban J connectivity index is -0.000000108. The third-order valence-corrected chi connectivity index (χ3v) is 12.1. The molecule has 0 saturated carbocycles. The molecule has 0 nitrogen and oxygen atoms in total. The van der Waals surface area contributed by atoms with Crippen LogP contribution in [0.3, 0.4) is 0 Å². The zero-order valence-corrected chi connectivity index (χ0v) is 20.7. The zero-order valence-electron chi connectivity index (χ0n) is 17.0. The smallest absolute Gasteiger partial charge is 0 e. The topological polar surface area (TPSA) is 0 Å². The molecule has 0 unspecified atom stereocenters. The molecule has 0 fully saturated rings. The summed E-state index contributed by atoms with van der Waals surface area (Å²) in [5.74, 6) is 0. The van der Waals surface area contributed by atoms with Crippen LogP contribution < -0.4 is 0 Å². The molecule has 0 radical (unpaired) electrons. The average Bonchev–Trinajstić information content (AvgIpc) is 2.54. The summed E-state index contributed by atoms with van der Waals surface area (Å²) in [6.45, 7) is 20.6. The molecule has 0 aliphatic carbocycles. The number of hydrogen-bond acceptors (Lipinski definition) is 0. The van der Waals surface area contributed by atoms with Crippen molar-refractivity contribution in [3.05, 3.63) is 0 Å². The van der Waals surface area contributed by atoms with Crippen LogP contribution in [-0.4, -0.2) is 55.5 Å². The van der Waals surface area contributed by atoms with Crippen molar-refractivity contribution in [1.82, 2.24) is 0 Å². The molecule has 142 valence electrons. The minimum atomic E-state index is 0. The van der Waals surface area contributed by atoms with Crippen molar-refractivity contribution in [3.8, 4) is 0 Å². The van der Waals surface area contributed by atoms with Gasteiger partial charge in [-0.3, -0.25) is 0 Å².